The second-order valence-corrected chi connectivity index (χ2v) is 22.7. The van der Waals surface area contributed by atoms with Gasteiger partial charge in [0.05, 0.1) is 17.0 Å². The Bertz CT molecular complexity index is 1540. The van der Waals surface area contributed by atoms with Crippen LogP contribution in [0, 0.1) is 18.8 Å². The molecule has 0 saturated heterocycles. The SMILES string of the molecule is COc1ccc(C2CCC(CN(C(=O)C3CCC(O[Si](C)(C)C(C)(C)C)CC3)c3cc(-c4cnc(C(C)(C)C)s4)ccn3)CC2)cc1C. The summed E-state index contributed by atoms with van der Waals surface area (Å²) in [4.78, 5) is 27.3. The molecule has 1 amide bonds. The Labute approximate surface area is 295 Å². The molecule has 0 bridgehead atoms. The lowest BCUT2D eigenvalue weighted by Gasteiger charge is -2.41. The second-order valence-electron chi connectivity index (χ2n) is 16.9. The van der Waals surface area contributed by atoms with Crippen molar-refractivity contribution in [3.8, 4) is 16.2 Å². The molecule has 48 heavy (non-hydrogen) atoms. The van der Waals surface area contributed by atoms with Crippen LogP contribution >= 0.6 is 11.3 Å². The number of methoxy groups -OCH3 is 1. The molecule has 0 aliphatic heterocycles. The lowest BCUT2D eigenvalue weighted by molar-refractivity contribution is -0.124. The van der Waals surface area contributed by atoms with Crippen molar-refractivity contribution < 1.29 is 14.0 Å². The Balaban J connectivity index is 1.33. The summed E-state index contributed by atoms with van der Waals surface area (Å²) in [7, 11) is -0.112. The minimum atomic E-state index is -1.85. The molecule has 6 nitrogen and oxygen atoms in total. The minimum absolute atomic E-state index is 0.00270. The zero-order valence-electron chi connectivity index (χ0n) is 31.2. The number of hydrogen-bond donors (Lipinski definition) is 0. The average molecular weight is 690 g/mol. The van der Waals surface area contributed by atoms with Gasteiger partial charge in [0.15, 0.2) is 8.32 Å². The number of anilines is 1. The van der Waals surface area contributed by atoms with E-state index in [1.807, 2.05) is 12.4 Å². The fraction of sp³-hybridized carbons (Fsp3) is 0.625. The molecule has 2 aliphatic carbocycles. The van der Waals surface area contributed by atoms with E-state index in [4.69, 9.17) is 19.1 Å². The fourth-order valence-electron chi connectivity index (χ4n) is 7.10. The number of hydrogen-bond acceptors (Lipinski definition) is 6. The van der Waals surface area contributed by atoms with Crippen molar-refractivity contribution >= 4 is 31.4 Å². The van der Waals surface area contributed by atoms with E-state index in [1.54, 1.807) is 18.4 Å². The number of carbonyl (C=O) groups excluding carboxylic acids is 1. The monoisotopic (exact) mass is 689 g/mol. The first kappa shape index (κ1) is 36.7. The first-order chi connectivity index (χ1) is 22.6. The Hall–Kier alpha value is -2.55. The smallest absolute Gasteiger partial charge is 0.231 e. The average Bonchev–Trinajstić information content (AvgIpc) is 3.55. The highest BCUT2D eigenvalue weighted by molar-refractivity contribution is 7.15. The van der Waals surface area contributed by atoms with Crippen LogP contribution in [-0.2, 0) is 14.6 Å². The third kappa shape index (κ3) is 8.59. The molecular weight excluding hydrogens is 631 g/mol. The lowest BCUT2D eigenvalue weighted by atomic mass is 9.78. The van der Waals surface area contributed by atoms with Gasteiger partial charge in [-0.25, -0.2) is 9.97 Å². The number of ether oxygens (including phenoxy) is 1. The van der Waals surface area contributed by atoms with Gasteiger partial charge < -0.3 is 9.16 Å². The van der Waals surface area contributed by atoms with Gasteiger partial charge in [-0.1, -0.05) is 53.7 Å². The van der Waals surface area contributed by atoms with E-state index in [-0.39, 0.29) is 28.4 Å². The van der Waals surface area contributed by atoms with Gasteiger partial charge in [0, 0.05) is 36.4 Å². The van der Waals surface area contributed by atoms with Crippen molar-refractivity contribution in [2.75, 3.05) is 18.6 Å². The molecule has 2 heterocycles. The van der Waals surface area contributed by atoms with Crippen LogP contribution < -0.4 is 9.64 Å². The largest absolute Gasteiger partial charge is 0.496 e. The van der Waals surface area contributed by atoms with Crippen molar-refractivity contribution in [1.29, 1.82) is 0 Å². The molecule has 262 valence electrons. The Morgan fingerprint density at radius 2 is 1.62 bits per heavy atom. The van der Waals surface area contributed by atoms with E-state index in [0.717, 1.165) is 84.9 Å². The molecule has 2 fully saturated rings. The van der Waals surface area contributed by atoms with Gasteiger partial charge in [-0.15, -0.1) is 11.3 Å². The number of aryl methyl sites for hydroxylation is 1. The summed E-state index contributed by atoms with van der Waals surface area (Å²) in [6.45, 7) is 21.0. The predicted octanol–water partition coefficient (Wildman–Crippen LogP) is 10.7. The van der Waals surface area contributed by atoms with Crippen LogP contribution in [-0.4, -0.2) is 44.0 Å². The number of amides is 1. The molecule has 0 N–H and O–H groups in total. The van der Waals surface area contributed by atoms with Crippen LogP contribution in [0.5, 0.6) is 5.75 Å². The number of rotatable bonds is 9. The second kappa shape index (κ2) is 14.7. The van der Waals surface area contributed by atoms with Crippen LogP contribution in [0.1, 0.15) is 115 Å². The van der Waals surface area contributed by atoms with Gasteiger partial charge in [0.2, 0.25) is 5.91 Å². The van der Waals surface area contributed by atoms with E-state index < -0.39 is 8.32 Å². The highest BCUT2D eigenvalue weighted by atomic mass is 32.1. The quantitative estimate of drug-likeness (QED) is 0.209. The van der Waals surface area contributed by atoms with Gasteiger partial charge in [0.1, 0.15) is 11.6 Å². The molecule has 2 aromatic heterocycles. The molecule has 3 aromatic rings. The van der Waals surface area contributed by atoms with Gasteiger partial charge in [-0.3, -0.25) is 9.69 Å². The van der Waals surface area contributed by atoms with Gasteiger partial charge in [-0.05, 0) is 123 Å². The van der Waals surface area contributed by atoms with Gasteiger partial charge in [-0.2, -0.15) is 0 Å². The van der Waals surface area contributed by atoms with Crippen molar-refractivity contribution in [3.63, 3.8) is 0 Å². The van der Waals surface area contributed by atoms with Crippen LogP contribution in [0.25, 0.3) is 10.4 Å². The number of thiazole rings is 1. The third-order valence-electron chi connectivity index (χ3n) is 11.2. The summed E-state index contributed by atoms with van der Waals surface area (Å²) < 4.78 is 12.3. The first-order valence-electron chi connectivity index (χ1n) is 18.1. The predicted molar refractivity (Wildman–Crippen MR) is 203 cm³/mol. The molecule has 2 aliphatic rings. The summed E-state index contributed by atoms with van der Waals surface area (Å²) in [6.07, 6.45) is 12.2. The molecule has 0 radical (unpaired) electrons. The summed E-state index contributed by atoms with van der Waals surface area (Å²) in [5.74, 6) is 2.96. The maximum atomic E-state index is 14.5. The standard InChI is InChI=1S/C40H59N3O3SSi/c1-27-23-31(17-20-34(27)45-8)29-13-11-28(12-14-29)26-43(36-24-32(21-22-41-36)35-25-42-38(47-35)39(2,3)4)37(44)30-15-18-33(19-16-30)46-48(9,10)40(5,6)7/h17,20-25,28-30,33H,11-16,18-19,26H2,1-10H3. The zero-order valence-corrected chi connectivity index (χ0v) is 33.0. The number of pyridine rings is 1. The molecule has 8 heteroatoms. The van der Waals surface area contributed by atoms with Crippen molar-refractivity contribution in [3.05, 3.63) is 58.9 Å². The molecular formula is C40H59N3O3SSi. The summed E-state index contributed by atoms with van der Waals surface area (Å²) in [6, 6.07) is 10.8. The van der Waals surface area contributed by atoms with Crippen molar-refractivity contribution in [2.45, 2.75) is 135 Å². The van der Waals surface area contributed by atoms with Crippen molar-refractivity contribution in [1.82, 2.24) is 9.97 Å². The van der Waals surface area contributed by atoms with Crippen LogP contribution in [0.15, 0.2) is 42.7 Å². The molecule has 5 rings (SSSR count). The molecule has 0 unspecified atom stereocenters. The number of benzene rings is 1. The molecule has 0 spiro atoms. The third-order valence-corrected chi connectivity index (χ3v) is 17.2. The minimum Gasteiger partial charge on any atom is -0.496 e. The number of aromatic nitrogens is 2. The topological polar surface area (TPSA) is 64.5 Å². The maximum absolute atomic E-state index is 14.5. The Morgan fingerprint density at radius 3 is 2.21 bits per heavy atom. The van der Waals surface area contributed by atoms with Crippen molar-refractivity contribution in [2.24, 2.45) is 11.8 Å². The number of carbonyl (C=O) groups is 1. The highest BCUT2D eigenvalue weighted by Gasteiger charge is 2.41. The van der Waals surface area contributed by atoms with Gasteiger partial charge >= 0.3 is 0 Å². The zero-order chi connectivity index (χ0) is 34.9. The fourth-order valence-corrected chi connectivity index (χ4v) is 9.50. The van der Waals surface area contributed by atoms with Crippen LogP contribution in [0.4, 0.5) is 5.82 Å². The van der Waals surface area contributed by atoms with E-state index >= 15 is 0 Å². The lowest BCUT2D eigenvalue weighted by Crippen LogP contribution is -2.46. The first-order valence-corrected chi connectivity index (χ1v) is 21.8. The summed E-state index contributed by atoms with van der Waals surface area (Å²) in [5.41, 5.74) is 3.68. The maximum Gasteiger partial charge on any atom is 0.231 e. The molecule has 1 aromatic carbocycles. The van der Waals surface area contributed by atoms with E-state index in [9.17, 15) is 4.79 Å². The van der Waals surface area contributed by atoms with E-state index in [0.29, 0.717) is 11.8 Å². The van der Waals surface area contributed by atoms with Crippen LogP contribution in [0.3, 0.4) is 0 Å². The Kier molecular flexibility index (Phi) is 11.3. The van der Waals surface area contributed by atoms with Gasteiger partial charge in [0.25, 0.3) is 0 Å². The molecule has 2 saturated carbocycles. The molecule has 0 atom stereocenters. The van der Waals surface area contributed by atoms with E-state index in [2.05, 4.69) is 96.8 Å². The normalized spacial score (nSPS) is 22.4. The number of nitrogens with zero attached hydrogens (tertiary/aromatic N) is 3. The van der Waals surface area contributed by atoms with Crippen LogP contribution in [0.2, 0.25) is 18.1 Å². The highest BCUT2D eigenvalue weighted by Crippen LogP contribution is 2.42. The van der Waals surface area contributed by atoms with E-state index in [1.165, 1.54) is 11.1 Å². The summed E-state index contributed by atoms with van der Waals surface area (Å²) in [5, 5.41) is 1.30. The summed E-state index contributed by atoms with van der Waals surface area (Å²) >= 11 is 1.73. The Morgan fingerprint density at radius 1 is 0.938 bits per heavy atom.